The number of hydrogen-bond acceptors (Lipinski definition) is 1. The lowest BCUT2D eigenvalue weighted by Gasteiger charge is -2.16. The average Bonchev–Trinajstić information content (AvgIpc) is 3.11. The fourth-order valence-electron chi connectivity index (χ4n) is 2.73. The maximum absolute atomic E-state index is 6.29. The van der Waals surface area contributed by atoms with Gasteiger partial charge in [0, 0.05) is 10.6 Å². The molecule has 2 aliphatic carbocycles. The first-order chi connectivity index (χ1) is 8.66. The number of rotatable bonds is 3. The molecule has 0 heterocycles. The summed E-state index contributed by atoms with van der Waals surface area (Å²) in [4.78, 5) is 0. The van der Waals surface area contributed by atoms with Crippen molar-refractivity contribution in [3.63, 3.8) is 0 Å². The zero-order valence-corrected chi connectivity index (χ0v) is 11.5. The molecule has 2 aliphatic rings. The van der Waals surface area contributed by atoms with Crippen molar-refractivity contribution < 1.29 is 0 Å². The quantitative estimate of drug-likeness (QED) is 0.861. The van der Waals surface area contributed by atoms with Crippen molar-refractivity contribution in [3.8, 4) is 0 Å². The molecular weight excluding hydrogens is 242 g/mol. The van der Waals surface area contributed by atoms with E-state index in [4.69, 9.17) is 17.3 Å². The molecule has 2 heteroatoms. The Morgan fingerprint density at radius 1 is 1.22 bits per heavy atom. The molecule has 1 aromatic carbocycles. The Morgan fingerprint density at radius 2 is 2.06 bits per heavy atom. The molecule has 0 radical (unpaired) electrons. The molecule has 0 saturated heterocycles. The molecule has 1 fully saturated rings. The maximum atomic E-state index is 6.29. The smallest absolute Gasteiger partial charge is 0.0439 e. The highest BCUT2D eigenvalue weighted by molar-refractivity contribution is 6.31. The van der Waals surface area contributed by atoms with Crippen molar-refractivity contribution in [3.05, 3.63) is 40.4 Å². The van der Waals surface area contributed by atoms with Gasteiger partial charge in [-0.15, -0.1) is 0 Å². The van der Waals surface area contributed by atoms with E-state index < -0.39 is 0 Å². The Bertz CT molecular complexity index is 486. The van der Waals surface area contributed by atoms with Gasteiger partial charge >= 0.3 is 0 Å². The number of nitrogens with two attached hydrogens (primary N) is 1. The molecule has 0 spiro atoms. The van der Waals surface area contributed by atoms with E-state index >= 15 is 0 Å². The molecule has 1 saturated carbocycles. The van der Waals surface area contributed by atoms with Crippen LogP contribution in [0.15, 0.2) is 24.3 Å². The summed E-state index contributed by atoms with van der Waals surface area (Å²) in [5.41, 5.74) is 10.3. The number of benzene rings is 1. The van der Waals surface area contributed by atoms with Crippen molar-refractivity contribution in [1.29, 1.82) is 0 Å². The minimum Gasteiger partial charge on any atom is -0.325 e. The van der Waals surface area contributed by atoms with Crippen LogP contribution in [-0.4, -0.2) is 5.54 Å². The van der Waals surface area contributed by atoms with Crippen LogP contribution in [0.25, 0.3) is 5.57 Å². The van der Waals surface area contributed by atoms with Crippen molar-refractivity contribution in [1.82, 2.24) is 0 Å². The second-order valence-electron chi connectivity index (χ2n) is 5.82. The molecule has 0 amide bonds. The number of halogens is 1. The minimum absolute atomic E-state index is 0.0310. The first-order valence-electron chi connectivity index (χ1n) is 6.93. The van der Waals surface area contributed by atoms with Crippen LogP contribution in [0.4, 0.5) is 0 Å². The first kappa shape index (κ1) is 12.3. The highest BCUT2D eigenvalue weighted by atomic mass is 35.5. The van der Waals surface area contributed by atoms with Crippen LogP contribution in [0, 0.1) is 0 Å². The Labute approximate surface area is 114 Å². The largest absolute Gasteiger partial charge is 0.325 e. The predicted octanol–water partition coefficient (Wildman–Crippen LogP) is 4.33. The lowest BCUT2D eigenvalue weighted by atomic mass is 9.92. The fourth-order valence-corrected chi connectivity index (χ4v) is 2.91. The normalized spacial score (nSPS) is 21.6. The second-order valence-corrected chi connectivity index (χ2v) is 6.23. The van der Waals surface area contributed by atoms with Gasteiger partial charge in [0.05, 0.1) is 0 Å². The SMILES string of the molecule is NC1(Cc2cc(C3=CCCCC3)ccc2Cl)CC1. The number of hydrogen-bond donors (Lipinski definition) is 1. The Balaban J connectivity index is 1.87. The molecule has 1 nitrogen and oxygen atoms in total. The van der Waals surface area contributed by atoms with Crippen LogP contribution in [0.2, 0.25) is 5.02 Å². The maximum Gasteiger partial charge on any atom is 0.0439 e. The molecule has 0 unspecified atom stereocenters. The fraction of sp³-hybridized carbons (Fsp3) is 0.500. The molecule has 0 aromatic heterocycles. The zero-order chi connectivity index (χ0) is 12.6. The lowest BCUT2D eigenvalue weighted by molar-refractivity contribution is 0.672. The van der Waals surface area contributed by atoms with Gasteiger partial charge in [-0.2, -0.15) is 0 Å². The van der Waals surface area contributed by atoms with E-state index in [-0.39, 0.29) is 5.54 Å². The topological polar surface area (TPSA) is 26.0 Å². The molecule has 96 valence electrons. The molecule has 1 aromatic rings. The van der Waals surface area contributed by atoms with Gasteiger partial charge < -0.3 is 5.73 Å². The van der Waals surface area contributed by atoms with Crippen LogP contribution in [0.3, 0.4) is 0 Å². The first-order valence-corrected chi connectivity index (χ1v) is 7.31. The van der Waals surface area contributed by atoms with Gasteiger partial charge in [-0.25, -0.2) is 0 Å². The zero-order valence-electron chi connectivity index (χ0n) is 10.7. The standard InChI is InChI=1S/C16H20ClN/c17-15-7-6-13(12-4-2-1-3-5-12)10-14(15)11-16(18)8-9-16/h4,6-7,10H,1-3,5,8-9,11,18H2. The third-order valence-corrected chi connectivity index (χ3v) is 4.51. The molecule has 18 heavy (non-hydrogen) atoms. The molecule has 2 N–H and O–H groups in total. The van der Waals surface area contributed by atoms with Crippen molar-refractivity contribution in [2.24, 2.45) is 5.73 Å². The molecule has 0 bridgehead atoms. The monoisotopic (exact) mass is 261 g/mol. The van der Waals surface area contributed by atoms with E-state index in [0.29, 0.717) is 0 Å². The summed E-state index contributed by atoms with van der Waals surface area (Å²) in [6.45, 7) is 0. The predicted molar refractivity (Wildman–Crippen MR) is 77.8 cm³/mol. The Morgan fingerprint density at radius 3 is 2.72 bits per heavy atom. The van der Waals surface area contributed by atoms with Gasteiger partial charge in [0.1, 0.15) is 0 Å². The molecule has 0 atom stereocenters. The summed E-state index contributed by atoms with van der Waals surface area (Å²) >= 11 is 6.29. The highest BCUT2D eigenvalue weighted by Crippen LogP contribution is 2.38. The van der Waals surface area contributed by atoms with Gasteiger partial charge in [-0.05, 0) is 73.8 Å². The van der Waals surface area contributed by atoms with E-state index in [1.807, 2.05) is 6.07 Å². The molecular formula is C16H20ClN. The Kier molecular flexibility index (Phi) is 3.21. The number of allylic oxidation sites excluding steroid dienone is 2. The summed E-state index contributed by atoms with van der Waals surface area (Å²) in [6, 6.07) is 6.44. The summed E-state index contributed by atoms with van der Waals surface area (Å²) < 4.78 is 0. The molecule has 0 aliphatic heterocycles. The molecule has 3 rings (SSSR count). The summed E-state index contributed by atoms with van der Waals surface area (Å²) in [5.74, 6) is 0. The Hall–Kier alpha value is -0.790. The summed E-state index contributed by atoms with van der Waals surface area (Å²) in [7, 11) is 0. The van der Waals surface area contributed by atoms with Gasteiger partial charge in [0.15, 0.2) is 0 Å². The lowest BCUT2D eigenvalue weighted by Crippen LogP contribution is -2.24. The summed E-state index contributed by atoms with van der Waals surface area (Å²) in [5, 5.41) is 0.867. The van der Waals surface area contributed by atoms with E-state index in [1.165, 1.54) is 42.4 Å². The van der Waals surface area contributed by atoms with Crippen molar-refractivity contribution >= 4 is 17.2 Å². The van der Waals surface area contributed by atoms with Crippen molar-refractivity contribution in [2.75, 3.05) is 0 Å². The third kappa shape index (κ3) is 2.62. The average molecular weight is 262 g/mol. The van der Waals surface area contributed by atoms with Crippen molar-refractivity contribution in [2.45, 2.75) is 50.5 Å². The highest BCUT2D eigenvalue weighted by Gasteiger charge is 2.38. The van der Waals surface area contributed by atoms with Crippen LogP contribution < -0.4 is 5.73 Å². The van der Waals surface area contributed by atoms with E-state index in [9.17, 15) is 0 Å². The van der Waals surface area contributed by atoms with Gasteiger partial charge in [0.25, 0.3) is 0 Å². The summed E-state index contributed by atoms with van der Waals surface area (Å²) in [6.07, 6.45) is 10.6. The van der Waals surface area contributed by atoms with Gasteiger partial charge in [-0.1, -0.05) is 23.7 Å². The van der Waals surface area contributed by atoms with Crippen LogP contribution >= 0.6 is 11.6 Å². The second kappa shape index (κ2) is 4.71. The van der Waals surface area contributed by atoms with E-state index in [2.05, 4.69) is 18.2 Å². The minimum atomic E-state index is 0.0310. The van der Waals surface area contributed by atoms with Gasteiger partial charge in [0.2, 0.25) is 0 Å². The van der Waals surface area contributed by atoms with Crippen LogP contribution in [-0.2, 0) is 6.42 Å². The van der Waals surface area contributed by atoms with E-state index in [1.54, 1.807) is 0 Å². The van der Waals surface area contributed by atoms with Gasteiger partial charge in [-0.3, -0.25) is 0 Å². The van der Waals surface area contributed by atoms with Crippen LogP contribution in [0.1, 0.15) is 49.7 Å². The van der Waals surface area contributed by atoms with Crippen LogP contribution in [0.5, 0.6) is 0 Å². The van der Waals surface area contributed by atoms with E-state index in [0.717, 1.165) is 24.3 Å². The third-order valence-electron chi connectivity index (χ3n) is 4.14.